The molecule has 0 aromatic heterocycles. The molecule has 1 unspecified atom stereocenters. The van der Waals surface area contributed by atoms with Gasteiger partial charge in [0.1, 0.15) is 0 Å². The van der Waals surface area contributed by atoms with Crippen molar-refractivity contribution in [3.05, 3.63) is 0 Å². The number of nitrogens with zero attached hydrogens (tertiary/aromatic N) is 1. The van der Waals surface area contributed by atoms with E-state index in [1.54, 1.807) is 0 Å². The van der Waals surface area contributed by atoms with Crippen molar-refractivity contribution in [2.24, 2.45) is 0 Å². The van der Waals surface area contributed by atoms with Crippen LogP contribution in [0.5, 0.6) is 0 Å². The molecule has 0 bridgehead atoms. The molecule has 1 heterocycles. The minimum Gasteiger partial charge on any atom is -0.395 e. The minimum absolute atomic E-state index is 0.393. The van der Waals surface area contributed by atoms with Crippen LogP contribution >= 0.6 is 0 Å². The monoisotopic (exact) mass is 277 g/mol. The molecule has 1 N–H and O–H groups in total. The topological polar surface area (TPSA) is 83.9 Å². The van der Waals surface area contributed by atoms with Gasteiger partial charge in [-0.15, -0.1) is 5.06 Å². The fraction of sp³-hybridized carbons (Fsp3) is 0.857. The van der Waals surface area contributed by atoms with Gasteiger partial charge < -0.3 is 9.94 Å². The van der Waals surface area contributed by atoms with E-state index in [0.717, 1.165) is 0 Å². The molecule has 0 spiro atoms. The molecule has 1 saturated heterocycles. The summed E-state index contributed by atoms with van der Waals surface area (Å²) in [7, 11) is -3.42. The van der Waals surface area contributed by atoms with Crippen LogP contribution in [0.3, 0.4) is 0 Å². The van der Waals surface area contributed by atoms with Gasteiger partial charge in [0.2, 0.25) is 0 Å². The predicted molar refractivity (Wildman–Crippen MR) is 48.4 cm³/mol. The summed E-state index contributed by atoms with van der Waals surface area (Å²) < 4.78 is 58.0. The van der Waals surface area contributed by atoms with Gasteiger partial charge in [-0.25, -0.2) is 13.2 Å². The van der Waals surface area contributed by atoms with Gasteiger partial charge in [-0.05, 0) is 0 Å². The third-order valence-corrected chi connectivity index (χ3v) is 3.82. The van der Waals surface area contributed by atoms with Crippen LogP contribution in [0.25, 0.3) is 0 Å². The average molecular weight is 277 g/mol. The van der Waals surface area contributed by atoms with Crippen LogP contribution in [-0.2, 0) is 19.5 Å². The molecule has 0 amide bonds. The van der Waals surface area contributed by atoms with Gasteiger partial charge in [0, 0.05) is 6.54 Å². The number of hydroxylamine groups is 2. The minimum atomic E-state index is -5.16. The van der Waals surface area contributed by atoms with Crippen LogP contribution in [0.4, 0.5) is 13.2 Å². The van der Waals surface area contributed by atoms with Crippen molar-refractivity contribution >= 4 is 15.8 Å². The molecule has 1 fully saturated rings. The van der Waals surface area contributed by atoms with E-state index in [2.05, 4.69) is 4.84 Å². The molecule has 0 aliphatic carbocycles. The van der Waals surface area contributed by atoms with Crippen molar-refractivity contribution < 1.29 is 36.3 Å². The average Bonchev–Trinajstić information content (AvgIpc) is 2.18. The van der Waals surface area contributed by atoms with E-state index >= 15 is 0 Å². The Morgan fingerprint density at radius 3 is 2.53 bits per heavy atom. The lowest BCUT2D eigenvalue weighted by atomic mass is 10.3. The molecule has 1 rings (SSSR count). The lowest BCUT2D eigenvalue weighted by Gasteiger charge is -2.32. The van der Waals surface area contributed by atoms with Crippen LogP contribution in [0, 0.1) is 0 Å². The first kappa shape index (κ1) is 14.2. The zero-order chi connectivity index (χ0) is 13.3. The number of carbonyl (C=O) groups is 1. The maximum atomic E-state index is 11.9. The van der Waals surface area contributed by atoms with E-state index in [-0.39, 0.29) is 0 Å². The summed E-state index contributed by atoms with van der Waals surface area (Å²) in [6.45, 7) is -1.11. The summed E-state index contributed by atoms with van der Waals surface area (Å²) in [6, 6.07) is -1.17. The summed E-state index contributed by atoms with van der Waals surface area (Å²) in [6.07, 6.45) is -5.16. The maximum absolute atomic E-state index is 11.9. The third-order valence-electron chi connectivity index (χ3n) is 2.12. The predicted octanol–water partition coefficient (Wildman–Crippen LogP) is -0.902. The highest BCUT2D eigenvalue weighted by Crippen LogP contribution is 2.20. The number of carbonyl (C=O) groups excluding carboxylic acids is 1. The van der Waals surface area contributed by atoms with Crippen LogP contribution in [0.2, 0.25) is 0 Å². The molecule has 1 aliphatic rings. The summed E-state index contributed by atoms with van der Waals surface area (Å²) >= 11 is 0. The van der Waals surface area contributed by atoms with Crippen molar-refractivity contribution in [2.75, 3.05) is 24.7 Å². The van der Waals surface area contributed by atoms with Crippen molar-refractivity contribution in [3.63, 3.8) is 0 Å². The number of aliphatic hydroxyl groups excluding tert-OH is 1. The van der Waals surface area contributed by atoms with Gasteiger partial charge in [0.25, 0.3) is 0 Å². The van der Waals surface area contributed by atoms with Gasteiger partial charge >= 0.3 is 12.1 Å². The summed E-state index contributed by atoms with van der Waals surface area (Å²) in [5.41, 5.74) is 0. The molecular weight excluding hydrogens is 267 g/mol. The Balaban J connectivity index is 2.69. The highest BCUT2D eigenvalue weighted by atomic mass is 32.2. The van der Waals surface area contributed by atoms with Crippen LogP contribution in [0.1, 0.15) is 0 Å². The first-order chi connectivity index (χ1) is 7.65. The van der Waals surface area contributed by atoms with E-state index in [1.807, 2.05) is 0 Å². The largest absolute Gasteiger partial charge is 0.492 e. The van der Waals surface area contributed by atoms with Crippen molar-refractivity contribution in [1.29, 1.82) is 0 Å². The standard InChI is InChI=1S/C7H10F3NO5S/c8-7(9,10)6(13)16-11-1-2-17(14,15)4-5(11)3-12/h5,12H,1-4H2. The first-order valence-corrected chi connectivity index (χ1v) is 6.35. The molecule has 10 heteroatoms. The Kier molecular flexibility index (Phi) is 3.99. The molecule has 0 radical (unpaired) electrons. The number of hydrogen-bond donors (Lipinski definition) is 1. The number of hydrogen-bond acceptors (Lipinski definition) is 6. The number of aliphatic hydroxyl groups is 1. The molecule has 17 heavy (non-hydrogen) atoms. The maximum Gasteiger partial charge on any atom is 0.492 e. The molecule has 6 nitrogen and oxygen atoms in total. The second-order valence-electron chi connectivity index (χ2n) is 3.47. The SMILES string of the molecule is O=C(ON1CCS(=O)(=O)CC1CO)C(F)(F)F. The second kappa shape index (κ2) is 4.78. The van der Waals surface area contributed by atoms with E-state index in [1.165, 1.54) is 0 Å². The van der Waals surface area contributed by atoms with Crippen LogP contribution in [0.15, 0.2) is 0 Å². The number of halogens is 3. The number of sulfone groups is 1. The Morgan fingerprint density at radius 1 is 1.47 bits per heavy atom. The summed E-state index contributed by atoms with van der Waals surface area (Å²) in [4.78, 5) is 14.5. The van der Waals surface area contributed by atoms with E-state index < -0.39 is 52.7 Å². The molecule has 0 saturated carbocycles. The van der Waals surface area contributed by atoms with Gasteiger partial charge in [-0.1, -0.05) is 0 Å². The molecule has 1 atom stereocenters. The Labute approximate surface area is 94.8 Å². The van der Waals surface area contributed by atoms with Gasteiger partial charge in [-0.3, -0.25) is 0 Å². The fourth-order valence-corrected chi connectivity index (χ4v) is 2.78. The Morgan fingerprint density at radius 2 is 2.06 bits per heavy atom. The number of rotatable bonds is 2. The zero-order valence-electron chi connectivity index (χ0n) is 8.48. The van der Waals surface area contributed by atoms with Crippen molar-refractivity contribution in [3.8, 4) is 0 Å². The van der Waals surface area contributed by atoms with Gasteiger partial charge in [-0.2, -0.15) is 13.2 Å². The van der Waals surface area contributed by atoms with Crippen LogP contribution in [-0.4, -0.2) is 61.4 Å². The molecular formula is C7H10F3NO5S. The van der Waals surface area contributed by atoms with Crippen molar-refractivity contribution in [1.82, 2.24) is 5.06 Å². The van der Waals surface area contributed by atoms with Crippen molar-refractivity contribution in [2.45, 2.75) is 12.2 Å². The second-order valence-corrected chi connectivity index (χ2v) is 5.70. The highest BCUT2D eigenvalue weighted by Gasteiger charge is 2.44. The normalized spacial score (nSPS) is 25.5. The molecule has 0 aromatic rings. The highest BCUT2D eigenvalue weighted by molar-refractivity contribution is 7.91. The van der Waals surface area contributed by atoms with Crippen LogP contribution < -0.4 is 0 Å². The smallest absolute Gasteiger partial charge is 0.395 e. The lowest BCUT2D eigenvalue weighted by molar-refractivity contribution is -0.246. The molecule has 100 valence electrons. The zero-order valence-corrected chi connectivity index (χ0v) is 9.29. The quantitative estimate of drug-likeness (QED) is 0.704. The summed E-state index contributed by atoms with van der Waals surface area (Å²) in [5.74, 6) is -3.40. The fourth-order valence-electron chi connectivity index (χ4n) is 1.29. The van der Waals surface area contributed by atoms with E-state index in [9.17, 15) is 26.4 Å². The van der Waals surface area contributed by atoms with Gasteiger partial charge in [0.15, 0.2) is 9.84 Å². The molecule has 0 aromatic carbocycles. The third kappa shape index (κ3) is 3.82. The Bertz CT molecular complexity index is 393. The van der Waals surface area contributed by atoms with E-state index in [4.69, 9.17) is 5.11 Å². The Hall–Kier alpha value is -0.870. The molecule has 1 aliphatic heterocycles. The first-order valence-electron chi connectivity index (χ1n) is 4.53. The number of alkyl halides is 3. The van der Waals surface area contributed by atoms with Gasteiger partial charge in [0.05, 0.1) is 24.2 Å². The lowest BCUT2D eigenvalue weighted by Crippen LogP contribution is -2.52. The summed E-state index contributed by atoms with van der Waals surface area (Å²) in [5, 5.41) is 9.38. The van der Waals surface area contributed by atoms with E-state index in [0.29, 0.717) is 5.06 Å².